The zero-order chi connectivity index (χ0) is 30.9. The molecule has 3 nitrogen and oxygen atoms in total. The fourth-order valence-electron chi connectivity index (χ4n) is 6.06. The number of ether oxygens (including phenoxy) is 1. The van der Waals surface area contributed by atoms with E-state index in [2.05, 4.69) is 26.0 Å². The van der Waals surface area contributed by atoms with Gasteiger partial charge in [-0.2, -0.15) is 0 Å². The number of allylic oxidation sites excluding steroid dienone is 2. The van der Waals surface area contributed by atoms with Crippen molar-refractivity contribution in [3.05, 3.63) is 35.8 Å². The zero-order valence-electron chi connectivity index (χ0n) is 28.9. The lowest BCUT2D eigenvalue weighted by molar-refractivity contribution is 0.0172. The number of hydrogen-bond donors (Lipinski definition) is 0. The summed E-state index contributed by atoms with van der Waals surface area (Å²) in [5, 5.41) is 0. The Labute approximate surface area is 268 Å². The Morgan fingerprint density at radius 1 is 0.558 bits per heavy atom. The highest BCUT2D eigenvalue weighted by Crippen LogP contribution is 2.20. The van der Waals surface area contributed by atoms with Gasteiger partial charge < -0.3 is 9.15 Å². The lowest BCUT2D eigenvalue weighted by Gasteiger charge is -2.17. The summed E-state index contributed by atoms with van der Waals surface area (Å²) in [7, 11) is 0. The topological polar surface area (TPSA) is 39.4 Å². The molecule has 0 saturated carbocycles. The number of rotatable bonds is 34. The third-order valence-corrected chi connectivity index (χ3v) is 8.93. The normalized spacial score (nSPS) is 12.4. The first-order chi connectivity index (χ1) is 21.3. The van der Waals surface area contributed by atoms with Gasteiger partial charge in [0.2, 0.25) is 0 Å². The van der Waals surface area contributed by atoms with Gasteiger partial charge in [0.05, 0.1) is 6.10 Å². The predicted molar refractivity (Wildman–Crippen MR) is 187 cm³/mol. The van der Waals surface area contributed by atoms with Gasteiger partial charge in [0.25, 0.3) is 0 Å². The Bertz CT molecular complexity index is 721. The maximum absolute atomic E-state index is 10.9. The first kappa shape index (κ1) is 39.7. The smallest absolute Gasteiger partial charge is 0.185 e. The van der Waals surface area contributed by atoms with Crippen LogP contribution in [0, 0.1) is 0 Å². The van der Waals surface area contributed by atoms with Crippen LogP contribution >= 0.6 is 0 Å². The van der Waals surface area contributed by atoms with Crippen molar-refractivity contribution in [2.45, 2.75) is 213 Å². The Kier molecular flexibility index (Phi) is 29.6. The van der Waals surface area contributed by atoms with Crippen molar-refractivity contribution in [3.8, 4) is 0 Å². The third-order valence-electron chi connectivity index (χ3n) is 8.93. The predicted octanol–water partition coefficient (Wildman–Crippen LogP) is 13.9. The molecule has 0 saturated heterocycles. The fourth-order valence-corrected chi connectivity index (χ4v) is 6.06. The largest absolute Gasteiger partial charge is 0.456 e. The highest BCUT2D eigenvalue weighted by atomic mass is 16.5. The van der Waals surface area contributed by atoms with E-state index in [-0.39, 0.29) is 0 Å². The van der Waals surface area contributed by atoms with Gasteiger partial charge in [-0.3, -0.25) is 4.79 Å². The number of carbonyl (C=O) groups excluding carboxylic acids is 1. The van der Waals surface area contributed by atoms with E-state index in [9.17, 15) is 4.79 Å². The molecular weight excluding hydrogens is 528 g/mol. The third kappa shape index (κ3) is 26.7. The molecule has 1 atom stereocenters. The van der Waals surface area contributed by atoms with Crippen molar-refractivity contribution in [1.82, 2.24) is 0 Å². The van der Waals surface area contributed by atoms with Gasteiger partial charge in [0.1, 0.15) is 12.4 Å². The van der Waals surface area contributed by atoms with Gasteiger partial charge in [-0.05, 0) is 50.7 Å². The van der Waals surface area contributed by atoms with E-state index in [1.807, 2.05) is 6.07 Å². The molecule has 1 heterocycles. The average Bonchev–Trinajstić information content (AvgIpc) is 3.49. The molecule has 0 aliphatic carbocycles. The number of hydrogen-bond acceptors (Lipinski definition) is 3. The number of furan rings is 1. The van der Waals surface area contributed by atoms with Crippen LogP contribution in [0.5, 0.6) is 0 Å². The van der Waals surface area contributed by atoms with Crippen molar-refractivity contribution in [2.24, 2.45) is 0 Å². The Hall–Kier alpha value is -1.35. The van der Waals surface area contributed by atoms with Gasteiger partial charge >= 0.3 is 0 Å². The molecule has 0 spiro atoms. The van der Waals surface area contributed by atoms with Crippen LogP contribution in [0.15, 0.2) is 28.7 Å². The molecule has 0 aliphatic heterocycles. The van der Waals surface area contributed by atoms with Crippen molar-refractivity contribution in [3.63, 3.8) is 0 Å². The molecule has 0 fully saturated rings. The average molecular weight is 601 g/mol. The minimum atomic E-state index is 0.298. The molecule has 0 aromatic carbocycles. The van der Waals surface area contributed by atoms with Gasteiger partial charge in [-0.1, -0.05) is 174 Å². The summed E-state index contributed by atoms with van der Waals surface area (Å²) in [6.45, 7) is 5.05. The van der Waals surface area contributed by atoms with Crippen LogP contribution in [-0.4, -0.2) is 12.4 Å². The maximum atomic E-state index is 10.9. The van der Waals surface area contributed by atoms with Crippen LogP contribution in [0.25, 0.3) is 0 Å². The molecule has 0 aliphatic rings. The second-order valence-corrected chi connectivity index (χ2v) is 13.1. The summed E-state index contributed by atoms with van der Waals surface area (Å²) in [5.41, 5.74) is 0. The van der Waals surface area contributed by atoms with Crippen molar-refractivity contribution in [2.75, 3.05) is 0 Å². The summed E-state index contributed by atoms with van der Waals surface area (Å²) < 4.78 is 11.8. The zero-order valence-corrected chi connectivity index (χ0v) is 28.9. The van der Waals surface area contributed by atoms with E-state index in [0.717, 1.165) is 24.9 Å². The molecule has 250 valence electrons. The number of unbranched alkanes of at least 4 members (excludes halogenated alkanes) is 24. The monoisotopic (exact) mass is 601 g/mol. The van der Waals surface area contributed by atoms with Crippen LogP contribution in [-0.2, 0) is 11.3 Å². The highest BCUT2D eigenvalue weighted by molar-refractivity contribution is 5.70. The van der Waals surface area contributed by atoms with Crippen LogP contribution in [0.4, 0.5) is 0 Å². The van der Waals surface area contributed by atoms with E-state index in [0.29, 0.717) is 18.5 Å². The van der Waals surface area contributed by atoms with E-state index < -0.39 is 0 Å². The van der Waals surface area contributed by atoms with Crippen LogP contribution in [0.3, 0.4) is 0 Å². The molecule has 43 heavy (non-hydrogen) atoms. The molecule has 0 radical (unpaired) electrons. The summed E-state index contributed by atoms with van der Waals surface area (Å²) in [6, 6.07) is 3.60. The Morgan fingerprint density at radius 2 is 0.953 bits per heavy atom. The minimum absolute atomic E-state index is 0.298. The SMILES string of the molecule is CCCCCCCC/C=C\CCCCCCCC(CCCCCCCCCCCCCCCC)OCc1ccc(C=O)o1. The number of carbonyl (C=O) groups is 1. The van der Waals surface area contributed by atoms with Gasteiger partial charge in [0, 0.05) is 0 Å². The maximum Gasteiger partial charge on any atom is 0.185 e. The lowest BCUT2D eigenvalue weighted by atomic mass is 10.0. The molecule has 1 aromatic heterocycles. The summed E-state index contributed by atoms with van der Waals surface area (Å²) >= 11 is 0. The molecule has 1 rings (SSSR count). The fraction of sp³-hybridized carbons (Fsp3) is 0.825. The first-order valence-corrected chi connectivity index (χ1v) is 19.1. The Morgan fingerprint density at radius 3 is 1.35 bits per heavy atom. The molecule has 3 heteroatoms. The molecule has 1 unspecified atom stereocenters. The molecular formula is C40H72O3. The first-order valence-electron chi connectivity index (χ1n) is 19.1. The number of aldehydes is 1. The molecule has 0 amide bonds. The van der Waals surface area contributed by atoms with Crippen LogP contribution in [0.1, 0.15) is 216 Å². The van der Waals surface area contributed by atoms with Crippen molar-refractivity contribution < 1.29 is 13.9 Å². The van der Waals surface area contributed by atoms with Crippen LogP contribution < -0.4 is 0 Å². The van der Waals surface area contributed by atoms with E-state index >= 15 is 0 Å². The van der Waals surface area contributed by atoms with E-state index in [1.165, 1.54) is 173 Å². The van der Waals surface area contributed by atoms with E-state index in [1.54, 1.807) is 6.07 Å². The summed E-state index contributed by atoms with van der Waals surface area (Å²) in [5.74, 6) is 1.15. The van der Waals surface area contributed by atoms with E-state index in [4.69, 9.17) is 9.15 Å². The van der Waals surface area contributed by atoms with Crippen LogP contribution in [0.2, 0.25) is 0 Å². The van der Waals surface area contributed by atoms with Gasteiger partial charge in [0.15, 0.2) is 12.0 Å². The second kappa shape index (κ2) is 32.1. The molecule has 0 bridgehead atoms. The molecule has 1 aromatic rings. The van der Waals surface area contributed by atoms with Crippen molar-refractivity contribution >= 4 is 6.29 Å². The lowest BCUT2D eigenvalue weighted by Crippen LogP contribution is -2.13. The minimum Gasteiger partial charge on any atom is -0.456 e. The highest BCUT2D eigenvalue weighted by Gasteiger charge is 2.11. The van der Waals surface area contributed by atoms with Gasteiger partial charge in [-0.25, -0.2) is 0 Å². The van der Waals surface area contributed by atoms with Crippen molar-refractivity contribution in [1.29, 1.82) is 0 Å². The van der Waals surface area contributed by atoms with Gasteiger partial charge in [-0.15, -0.1) is 0 Å². The summed E-state index contributed by atoms with van der Waals surface area (Å²) in [4.78, 5) is 10.9. The second-order valence-electron chi connectivity index (χ2n) is 13.1. The Balaban J connectivity index is 2.10. The quantitative estimate of drug-likeness (QED) is 0.0449. The summed E-state index contributed by atoms with van der Waals surface area (Å²) in [6.07, 6.45) is 45.1. The standard InChI is InChI=1S/C40H72O3/c1-3-5-7-9-11-13-15-17-19-21-23-25-27-29-31-33-38(42-37-40-35-34-39(36-41)43-40)32-30-28-26-24-22-20-18-16-14-12-10-8-6-4-2/h17,19,34-36,38H,3-16,18,20-33,37H2,1-2H3/b19-17-. The molecule has 0 N–H and O–H groups in total.